The van der Waals surface area contributed by atoms with E-state index < -0.39 is 48.7 Å². The molecule has 0 spiro atoms. The fourth-order valence-corrected chi connectivity index (χ4v) is 11.6. The summed E-state index contributed by atoms with van der Waals surface area (Å²) in [6, 6.07) is 14.0. The van der Waals surface area contributed by atoms with Crippen LogP contribution in [-0.2, 0) is 82.9 Å². The third-order valence-electron chi connectivity index (χ3n) is 16.9. The Labute approximate surface area is 589 Å². The first kappa shape index (κ1) is 81.7. The minimum absolute atomic E-state index is 0.0701. The third kappa shape index (κ3) is 27.3. The van der Waals surface area contributed by atoms with E-state index in [2.05, 4.69) is 40.9 Å². The number of unbranched alkanes of at least 4 members (excludes halogenated alkanes) is 12. The molecule has 20 nitrogen and oxygen atoms in total. The van der Waals surface area contributed by atoms with Gasteiger partial charge in [0, 0.05) is 84.8 Å². The average Bonchev–Trinajstić information content (AvgIpc) is 0.779. The molecule has 5 rings (SSSR count). The van der Waals surface area contributed by atoms with Crippen LogP contribution in [0.4, 0.5) is 0 Å². The number of fused-ring (bicyclic) bond motifs is 8. The lowest BCUT2D eigenvalue weighted by Crippen LogP contribution is -2.18. The number of ketones is 4. The average molecular weight is 1390 g/mol. The fourth-order valence-electron chi connectivity index (χ4n) is 11.6. The van der Waals surface area contributed by atoms with Crippen LogP contribution in [-0.4, -0.2) is 126 Å². The van der Waals surface area contributed by atoms with E-state index in [1.54, 1.807) is 48.5 Å². The summed E-state index contributed by atoms with van der Waals surface area (Å²) in [7, 11) is 2.30. The molecular weight excluding hydrogens is 1280 g/mol. The van der Waals surface area contributed by atoms with Crippen LogP contribution >= 0.6 is 0 Å². The zero-order valence-corrected chi connectivity index (χ0v) is 60.2. The Morgan fingerprint density at radius 2 is 0.530 bits per heavy atom. The van der Waals surface area contributed by atoms with Gasteiger partial charge < -0.3 is 47.4 Å². The van der Waals surface area contributed by atoms with E-state index in [1.165, 1.54) is 13.8 Å². The Kier molecular flexibility index (Phi) is 36.2. The number of Topliss-reactive ketones (excluding diaryl/α,β-unsaturated/α-hetero) is 4. The number of carbonyl (C=O) groups excluding carboxylic acids is 10. The topological polar surface area (TPSA) is 263 Å². The molecule has 0 atom stereocenters. The molecule has 0 N–H and O–H groups in total. The first-order chi connectivity index (χ1) is 48.1. The van der Waals surface area contributed by atoms with Crippen molar-refractivity contribution in [2.24, 2.45) is 0 Å². The lowest BCUT2D eigenvalue weighted by atomic mass is 9.86. The van der Waals surface area contributed by atoms with Crippen molar-refractivity contribution in [3.05, 3.63) is 140 Å². The van der Waals surface area contributed by atoms with Crippen LogP contribution in [0.3, 0.4) is 0 Å². The molecule has 1 aliphatic rings. The van der Waals surface area contributed by atoms with Crippen molar-refractivity contribution in [1.29, 1.82) is 0 Å². The zero-order chi connectivity index (χ0) is 72.9. The van der Waals surface area contributed by atoms with Crippen LogP contribution in [0.25, 0.3) is 0 Å². The monoisotopic (exact) mass is 1380 g/mol. The van der Waals surface area contributed by atoms with Crippen LogP contribution < -0.4 is 18.9 Å². The molecule has 0 amide bonds. The second-order valence-electron chi connectivity index (χ2n) is 25.3. The molecule has 0 aliphatic heterocycles. The van der Waals surface area contributed by atoms with E-state index in [0.29, 0.717) is 92.4 Å². The van der Waals surface area contributed by atoms with E-state index >= 15 is 0 Å². The first-order valence-corrected chi connectivity index (χ1v) is 35.5. The fraction of sp³-hybridized carbons (Fsp3) is 0.525. The summed E-state index contributed by atoms with van der Waals surface area (Å²) in [5.74, 6) is -4.30. The molecule has 100 heavy (non-hydrogen) atoms. The molecular formula is C80H104O20. The van der Waals surface area contributed by atoms with Gasteiger partial charge in [-0.3, -0.25) is 38.4 Å². The predicted octanol–water partition coefficient (Wildman–Crippen LogP) is 14.9. The molecule has 544 valence electrons. The SMILES string of the molecule is C=C(C)C(=O)OCCOc1c2cc(C(=O)CCCCCC)cc1Cc1cc(C(=O)CCCCCC)cc(c1OCCOC(=O)C(=C)C)Cc1cc(C(=O)CCCCCC)cc(c1OCCOC(=O)CC(=O)OC)Cc1cc(C(=O)CCCCCC)cc(c1OCCOC(=O)CC(=O)OC)C2. The van der Waals surface area contributed by atoms with Crippen molar-refractivity contribution >= 4 is 58.9 Å². The van der Waals surface area contributed by atoms with Gasteiger partial charge in [-0.2, -0.15) is 0 Å². The Balaban J connectivity index is 2.03. The summed E-state index contributed by atoms with van der Waals surface area (Å²) in [5.41, 5.74) is 5.13. The summed E-state index contributed by atoms with van der Waals surface area (Å²) in [4.78, 5) is 136. The van der Waals surface area contributed by atoms with Gasteiger partial charge >= 0.3 is 35.8 Å². The third-order valence-corrected chi connectivity index (χ3v) is 16.9. The molecule has 20 heteroatoms. The largest absolute Gasteiger partial charge is 0.489 e. The Morgan fingerprint density at radius 3 is 0.730 bits per heavy atom. The highest BCUT2D eigenvalue weighted by Crippen LogP contribution is 2.42. The normalized spacial score (nSPS) is 11.5. The van der Waals surface area contributed by atoms with Gasteiger partial charge in [0.05, 0.1) is 14.2 Å². The molecule has 0 unspecified atom stereocenters. The highest BCUT2D eigenvalue weighted by molar-refractivity contribution is 5.99. The van der Waals surface area contributed by atoms with Gasteiger partial charge in [0.1, 0.15) is 88.7 Å². The molecule has 0 saturated carbocycles. The minimum Gasteiger partial charge on any atom is -0.489 e. The summed E-state index contributed by atoms with van der Waals surface area (Å²) in [6.07, 6.45) is 12.1. The molecule has 0 saturated heterocycles. The van der Waals surface area contributed by atoms with Crippen LogP contribution in [0, 0.1) is 0 Å². The Hall–Kier alpha value is -8.94. The standard InChI is InChI=1S/C80H104O20/c1-11-15-19-23-27-67(81)55-39-59-47-60-40-56(68(82)28-24-20-16-12-2)42-62(76(60)96-34-32-94-74(88)52-72(86)92-10)49-64-44-58(70(84)30-26-22-18-14-4)46-66(78(64)98-36-38-100-80(90)54(7)8)50-65-45-57(69(83)29-25-21-17-13-3)43-63(77(65)97-35-37-99-79(89)53(5)6)48-61(41-55)75(59)95-33-31-93-73(87)51-71(85)91-9/h39-46H,5,7,11-38,47-52H2,1-4,6,8-10H3. The van der Waals surface area contributed by atoms with Gasteiger partial charge in [-0.25, -0.2) is 9.59 Å². The maximum absolute atomic E-state index is 14.9. The molecule has 4 aromatic rings. The van der Waals surface area contributed by atoms with Crippen molar-refractivity contribution in [1.82, 2.24) is 0 Å². The van der Waals surface area contributed by atoms with E-state index in [9.17, 15) is 47.9 Å². The molecule has 0 aromatic heterocycles. The summed E-state index contributed by atoms with van der Waals surface area (Å²) >= 11 is 0. The Morgan fingerprint density at radius 1 is 0.310 bits per heavy atom. The number of ether oxygens (including phenoxy) is 10. The van der Waals surface area contributed by atoms with Gasteiger partial charge in [-0.15, -0.1) is 0 Å². The van der Waals surface area contributed by atoms with Crippen LogP contribution in [0.1, 0.15) is 269 Å². The smallest absolute Gasteiger partial charge is 0.333 e. The molecule has 0 heterocycles. The van der Waals surface area contributed by atoms with E-state index in [0.717, 1.165) is 91.3 Å². The van der Waals surface area contributed by atoms with Crippen molar-refractivity contribution in [3.63, 3.8) is 0 Å². The lowest BCUT2D eigenvalue weighted by molar-refractivity contribution is -0.155. The van der Waals surface area contributed by atoms with E-state index in [1.807, 2.05) is 0 Å². The number of hydrogen-bond donors (Lipinski definition) is 0. The summed E-state index contributed by atoms with van der Waals surface area (Å²) in [5, 5.41) is 0. The number of methoxy groups -OCH3 is 2. The van der Waals surface area contributed by atoms with Gasteiger partial charge in [-0.05, 0) is 133 Å². The molecule has 1 aliphatic carbocycles. The van der Waals surface area contributed by atoms with E-state index in [4.69, 9.17) is 47.4 Å². The van der Waals surface area contributed by atoms with Crippen LogP contribution in [0.5, 0.6) is 23.0 Å². The van der Waals surface area contributed by atoms with Crippen molar-refractivity contribution in [2.75, 3.05) is 67.1 Å². The van der Waals surface area contributed by atoms with Crippen molar-refractivity contribution < 1.29 is 95.3 Å². The number of hydrogen-bond acceptors (Lipinski definition) is 20. The van der Waals surface area contributed by atoms with Crippen molar-refractivity contribution in [2.45, 2.75) is 208 Å². The Bertz CT molecular complexity index is 3270. The summed E-state index contributed by atoms with van der Waals surface area (Å²) in [6.45, 7) is 16.8. The second-order valence-corrected chi connectivity index (χ2v) is 25.3. The molecule has 0 fully saturated rings. The number of rotatable bonds is 46. The van der Waals surface area contributed by atoms with Crippen LogP contribution in [0.15, 0.2) is 72.8 Å². The second kappa shape index (κ2) is 44.2. The zero-order valence-electron chi connectivity index (χ0n) is 60.2. The molecule has 4 aromatic carbocycles. The number of carbonyl (C=O) groups is 10. The maximum atomic E-state index is 14.9. The van der Waals surface area contributed by atoms with E-state index in [-0.39, 0.29) is 161 Å². The van der Waals surface area contributed by atoms with Gasteiger partial charge in [0.15, 0.2) is 23.1 Å². The highest BCUT2D eigenvalue weighted by Gasteiger charge is 2.29. The number of esters is 6. The highest BCUT2D eigenvalue weighted by atomic mass is 16.6. The van der Waals surface area contributed by atoms with Gasteiger partial charge in [-0.1, -0.05) is 118 Å². The van der Waals surface area contributed by atoms with Crippen LogP contribution in [0.2, 0.25) is 0 Å². The van der Waals surface area contributed by atoms with Crippen molar-refractivity contribution in [3.8, 4) is 23.0 Å². The minimum atomic E-state index is -0.865. The molecule has 8 bridgehead atoms. The maximum Gasteiger partial charge on any atom is 0.333 e. The predicted molar refractivity (Wildman–Crippen MR) is 378 cm³/mol. The van der Waals surface area contributed by atoms with Gasteiger partial charge in [0.2, 0.25) is 0 Å². The molecule has 0 radical (unpaired) electrons. The summed E-state index contributed by atoms with van der Waals surface area (Å²) < 4.78 is 58.9. The lowest BCUT2D eigenvalue weighted by Gasteiger charge is -2.25. The first-order valence-electron chi connectivity index (χ1n) is 35.5. The quantitative estimate of drug-likeness (QED) is 0.00875. The number of benzene rings is 4. The van der Waals surface area contributed by atoms with Gasteiger partial charge in [0.25, 0.3) is 0 Å².